The Bertz CT molecular complexity index is 626. The third-order valence-electron chi connectivity index (χ3n) is 2.93. The maximum atomic E-state index is 12.0. The fourth-order valence-electron chi connectivity index (χ4n) is 1.87. The first-order valence-electron chi connectivity index (χ1n) is 6.73. The summed E-state index contributed by atoms with van der Waals surface area (Å²) in [5.41, 5.74) is 7.91. The topological polar surface area (TPSA) is 85.8 Å². The predicted octanol–water partition coefficient (Wildman–Crippen LogP) is 1.77. The number of amides is 1. The summed E-state index contributed by atoms with van der Waals surface area (Å²) in [6.07, 6.45) is 3.37. The molecule has 1 aromatic heterocycles. The number of hydrogen-bond donors (Lipinski definition) is 2. The van der Waals surface area contributed by atoms with E-state index in [1.54, 1.807) is 18.3 Å². The molecular formula is C14H18ClN5O. The van der Waals surface area contributed by atoms with Gasteiger partial charge in [-0.25, -0.2) is 4.68 Å². The van der Waals surface area contributed by atoms with E-state index in [-0.39, 0.29) is 12.5 Å². The summed E-state index contributed by atoms with van der Waals surface area (Å²) < 4.78 is 1.50. The molecule has 112 valence electrons. The molecule has 0 aliphatic rings. The number of hydrogen-bond acceptors (Lipinski definition) is 4. The second kappa shape index (κ2) is 7.19. The number of aromatic nitrogens is 3. The number of halogens is 1. The van der Waals surface area contributed by atoms with Crippen LogP contribution in [-0.4, -0.2) is 27.4 Å². The van der Waals surface area contributed by atoms with Crippen molar-refractivity contribution in [3.8, 4) is 0 Å². The number of aryl methyl sites for hydroxylation is 2. The van der Waals surface area contributed by atoms with E-state index in [1.807, 2.05) is 13.0 Å². The summed E-state index contributed by atoms with van der Waals surface area (Å²) in [6.45, 7) is 2.65. The summed E-state index contributed by atoms with van der Waals surface area (Å²) in [4.78, 5) is 12.0. The van der Waals surface area contributed by atoms with Crippen LogP contribution in [0.15, 0.2) is 24.4 Å². The maximum Gasteiger partial charge on any atom is 0.246 e. The van der Waals surface area contributed by atoms with E-state index in [4.69, 9.17) is 17.3 Å². The molecule has 0 saturated carbocycles. The standard InChI is InChI=1S/C14H18ClN5O/c1-10-4-5-13(12(15)7-10)17-14(21)9-20-8-11(18-19-20)3-2-6-16/h4-5,7-8H,2-3,6,9,16H2,1H3,(H,17,21). The molecule has 2 rings (SSSR count). The van der Waals surface area contributed by atoms with Crippen LogP contribution in [0.3, 0.4) is 0 Å². The molecule has 1 aromatic carbocycles. The minimum Gasteiger partial charge on any atom is -0.330 e. The van der Waals surface area contributed by atoms with E-state index in [1.165, 1.54) is 4.68 Å². The molecule has 3 N–H and O–H groups in total. The molecule has 0 spiro atoms. The second-order valence-corrected chi connectivity index (χ2v) is 5.24. The molecule has 0 fully saturated rings. The number of nitrogens with two attached hydrogens (primary N) is 1. The van der Waals surface area contributed by atoms with E-state index in [2.05, 4.69) is 15.6 Å². The Kier molecular flexibility index (Phi) is 5.30. The molecule has 0 radical (unpaired) electrons. The molecular weight excluding hydrogens is 290 g/mol. The van der Waals surface area contributed by atoms with Crippen molar-refractivity contribution in [1.29, 1.82) is 0 Å². The van der Waals surface area contributed by atoms with Crippen molar-refractivity contribution < 1.29 is 4.79 Å². The minimum atomic E-state index is -0.198. The lowest BCUT2D eigenvalue weighted by molar-refractivity contribution is -0.116. The zero-order valence-corrected chi connectivity index (χ0v) is 12.6. The lowest BCUT2D eigenvalue weighted by Crippen LogP contribution is -2.19. The Labute approximate surface area is 128 Å². The van der Waals surface area contributed by atoms with Gasteiger partial charge in [-0.3, -0.25) is 4.79 Å². The van der Waals surface area contributed by atoms with E-state index >= 15 is 0 Å². The Morgan fingerprint density at radius 1 is 1.48 bits per heavy atom. The van der Waals surface area contributed by atoms with Crippen LogP contribution in [0.1, 0.15) is 17.7 Å². The molecule has 0 aliphatic carbocycles. The molecule has 0 bridgehead atoms. The minimum absolute atomic E-state index is 0.0971. The number of carbonyl (C=O) groups is 1. The third-order valence-corrected chi connectivity index (χ3v) is 3.24. The van der Waals surface area contributed by atoms with Crippen LogP contribution < -0.4 is 11.1 Å². The van der Waals surface area contributed by atoms with Crippen LogP contribution in [0.4, 0.5) is 5.69 Å². The van der Waals surface area contributed by atoms with E-state index in [0.29, 0.717) is 17.3 Å². The summed E-state index contributed by atoms with van der Waals surface area (Å²) in [5.74, 6) is -0.198. The summed E-state index contributed by atoms with van der Waals surface area (Å²) in [7, 11) is 0. The number of rotatable bonds is 6. The lowest BCUT2D eigenvalue weighted by atomic mass is 10.2. The van der Waals surface area contributed by atoms with Gasteiger partial charge in [0.05, 0.1) is 16.4 Å². The van der Waals surface area contributed by atoms with Gasteiger partial charge >= 0.3 is 0 Å². The average Bonchev–Trinajstić information content (AvgIpc) is 2.87. The maximum absolute atomic E-state index is 12.0. The van der Waals surface area contributed by atoms with E-state index in [0.717, 1.165) is 24.1 Å². The highest BCUT2D eigenvalue weighted by atomic mass is 35.5. The van der Waals surface area contributed by atoms with Gasteiger partial charge in [0.2, 0.25) is 5.91 Å². The molecule has 0 atom stereocenters. The third kappa shape index (κ3) is 4.54. The van der Waals surface area contributed by atoms with Crippen LogP contribution in [0.5, 0.6) is 0 Å². The smallest absolute Gasteiger partial charge is 0.246 e. The molecule has 21 heavy (non-hydrogen) atoms. The van der Waals surface area contributed by atoms with Crippen LogP contribution in [0.2, 0.25) is 5.02 Å². The van der Waals surface area contributed by atoms with Gasteiger partial charge in [-0.1, -0.05) is 22.9 Å². The lowest BCUT2D eigenvalue weighted by Gasteiger charge is -2.07. The zero-order valence-electron chi connectivity index (χ0n) is 11.8. The molecule has 1 heterocycles. The first kappa shape index (κ1) is 15.5. The highest BCUT2D eigenvalue weighted by molar-refractivity contribution is 6.33. The SMILES string of the molecule is Cc1ccc(NC(=O)Cn2cc(CCCN)nn2)c(Cl)c1. The van der Waals surface area contributed by atoms with Gasteiger partial charge in [0.1, 0.15) is 6.54 Å². The number of nitrogens with one attached hydrogen (secondary N) is 1. The van der Waals surface area contributed by atoms with E-state index < -0.39 is 0 Å². The first-order valence-corrected chi connectivity index (χ1v) is 7.11. The number of carbonyl (C=O) groups excluding carboxylic acids is 1. The van der Waals surface area contributed by atoms with Crippen LogP contribution in [0.25, 0.3) is 0 Å². The predicted molar refractivity (Wildman–Crippen MR) is 82.2 cm³/mol. The summed E-state index contributed by atoms with van der Waals surface area (Å²) in [6, 6.07) is 5.48. The van der Waals surface area contributed by atoms with Crippen molar-refractivity contribution in [1.82, 2.24) is 15.0 Å². The van der Waals surface area contributed by atoms with Crippen LogP contribution in [-0.2, 0) is 17.8 Å². The summed E-state index contributed by atoms with van der Waals surface area (Å²) in [5, 5.41) is 11.2. The van der Waals surface area contributed by atoms with Gasteiger partial charge in [-0.15, -0.1) is 5.10 Å². The molecule has 0 unspecified atom stereocenters. The van der Waals surface area contributed by atoms with Gasteiger partial charge < -0.3 is 11.1 Å². The molecule has 0 saturated heterocycles. The summed E-state index contributed by atoms with van der Waals surface area (Å²) >= 11 is 6.08. The highest BCUT2D eigenvalue weighted by Crippen LogP contribution is 2.22. The quantitative estimate of drug-likeness (QED) is 0.851. The molecule has 2 aromatic rings. The first-order chi connectivity index (χ1) is 10.1. The Balaban J connectivity index is 1.93. The van der Waals surface area contributed by atoms with Gasteiger partial charge in [0.25, 0.3) is 0 Å². The van der Waals surface area contributed by atoms with Gasteiger partial charge in [-0.2, -0.15) is 0 Å². The number of benzene rings is 1. The van der Waals surface area contributed by atoms with Crippen LogP contribution in [0, 0.1) is 6.92 Å². The van der Waals surface area contributed by atoms with Gasteiger partial charge in [-0.05, 0) is 44.0 Å². The van der Waals surface area contributed by atoms with Crippen molar-refractivity contribution >= 4 is 23.2 Å². The average molecular weight is 308 g/mol. The highest BCUT2D eigenvalue weighted by Gasteiger charge is 2.08. The van der Waals surface area contributed by atoms with Crippen molar-refractivity contribution in [2.75, 3.05) is 11.9 Å². The van der Waals surface area contributed by atoms with Crippen molar-refractivity contribution in [3.63, 3.8) is 0 Å². The van der Waals surface area contributed by atoms with Gasteiger partial charge in [0.15, 0.2) is 0 Å². The fraction of sp³-hybridized carbons (Fsp3) is 0.357. The Hall–Kier alpha value is -1.92. The molecule has 6 nitrogen and oxygen atoms in total. The Morgan fingerprint density at radius 3 is 3.00 bits per heavy atom. The molecule has 0 aliphatic heterocycles. The second-order valence-electron chi connectivity index (χ2n) is 4.83. The Morgan fingerprint density at radius 2 is 2.29 bits per heavy atom. The molecule has 7 heteroatoms. The van der Waals surface area contributed by atoms with Gasteiger partial charge in [0, 0.05) is 6.20 Å². The monoisotopic (exact) mass is 307 g/mol. The number of anilines is 1. The van der Waals surface area contributed by atoms with Crippen molar-refractivity contribution in [2.45, 2.75) is 26.3 Å². The fourth-order valence-corrected chi connectivity index (χ4v) is 2.15. The zero-order chi connectivity index (χ0) is 15.2. The van der Waals surface area contributed by atoms with Crippen molar-refractivity contribution in [3.05, 3.63) is 40.7 Å². The number of nitrogens with zero attached hydrogens (tertiary/aromatic N) is 3. The van der Waals surface area contributed by atoms with E-state index in [9.17, 15) is 4.79 Å². The molecule has 1 amide bonds. The van der Waals surface area contributed by atoms with Crippen molar-refractivity contribution in [2.24, 2.45) is 5.73 Å². The van der Waals surface area contributed by atoms with Crippen LogP contribution >= 0.6 is 11.6 Å². The largest absolute Gasteiger partial charge is 0.330 e. The normalized spacial score (nSPS) is 10.6.